The van der Waals surface area contributed by atoms with Gasteiger partial charge in [-0.25, -0.2) is 9.78 Å². The lowest BCUT2D eigenvalue weighted by molar-refractivity contribution is -0.139. The number of unbranched alkanes of at least 4 members (excludes halogenated alkanes) is 2. The van der Waals surface area contributed by atoms with Crippen LogP contribution in [-0.4, -0.2) is 31.8 Å². The molecule has 0 aliphatic carbocycles. The highest BCUT2D eigenvalue weighted by Crippen LogP contribution is 2.44. The molecule has 1 aromatic heterocycles. The van der Waals surface area contributed by atoms with Crippen LogP contribution in [0.4, 0.5) is 0 Å². The van der Waals surface area contributed by atoms with Gasteiger partial charge in [0.1, 0.15) is 16.9 Å². The number of methoxy groups -OCH3 is 2. The number of benzene rings is 3. The normalized spacial score (nSPS) is 13.0. The molecule has 3 aromatic carbocycles. The number of ether oxygens (including phenoxy) is 3. The molecule has 0 bridgehead atoms. The Morgan fingerprint density at radius 3 is 2.27 bits per heavy atom. The van der Waals surface area contributed by atoms with Crippen LogP contribution in [0.1, 0.15) is 51.5 Å². The molecule has 1 unspecified atom stereocenters. The Morgan fingerprint density at radius 1 is 0.854 bits per heavy atom. The fraction of sp³-hybridized carbons (Fsp3) is 0.294. The summed E-state index contributed by atoms with van der Waals surface area (Å²) in [5.41, 5.74) is 2.40. The van der Waals surface area contributed by atoms with Crippen LogP contribution in [0.2, 0.25) is 0 Å². The van der Waals surface area contributed by atoms with Crippen LogP contribution in [0.15, 0.2) is 84.4 Å². The number of carbonyl (C=O) groups is 1. The van der Waals surface area contributed by atoms with E-state index in [9.17, 15) is 4.79 Å². The van der Waals surface area contributed by atoms with Crippen molar-refractivity contribution in [1.82, 2.24) is 4.98 Å². The predicted molar refractivity (Wildman–Crippen MR) is 168 cm³/mol. The average Bonchev–Trinajstić information content (AvgIpc) is 3.02. The second-order valence-corrected chi connectivity index (χ2v) is 12.5. The number of nitrogens with zero attached hydrogens (tertiary/aromatic N) is 1. The number of para-hydroxylation sites is 1. The lowest BCUT2D eigenvalue weighted by atomic mass is 10.0. The fourth-order valence-electron chi connectivity index (χ4n) is 4.67. The van der Waals surface area contributed by atoms with Gasteiger partial charge in [-0.2, -0.15) is 0 Å². The van der Waals surface area contributed by atoms with E-state index in [1.54, 1.807) is 32.4 Å². The number of rotatable bonds is 13. The monoisotopic (exact) mass is 571 g/mol. The van der Waals surface area contributed by atoms with Crippen molar-refractivity contribution in [3.05, 3.63) is 90.0 Å². The molecular formula is C34H38NO5P. The van der Waals surface area contributed by atoms with Gasteiger partial charge >= 0.3 is 5.97 Å². The molecule has 0 aliphatic heterocycles. The van der Waals surface area contributed by atoms with Gasteiger partial charge in [-0.05, 0) is 85.5 Å². The summed E-state index contributed by atoms with van der Waals surface area (Å²) in [6, 6.07) is 24.3. The van der Waals surface area contributed by atoms with Gasteiger partial charge in [0, 0.05) is 21.6 Å². The first-order valence-electron chi connectivity index (χ1n) is 14.1. The van der Waals surface area contributed by atoms with E-state index < -0.39 is 7.14 Å². The molecule has 1 heterocycles. The van der Waals surface area contributed by atoms with Crippen molar-refractivity contribution < 1.29 is 23.6 Å². The summed E-state index contributed by atoms with van der Waals surface area (Å²) in [7, 11) is -0.345. The van der Waals surface area contributed by atoms with Crippen LogP contribution in [0.5, 0.6) is 11.5 Å². The van der Waals surface area contributed by atoms with Gasteiger partial charge in [0.15, 0.2) is 7.14 Å². The van der Waals surface area contributed by atoms with E-state index in [4.69, 9.17) is 19.2 Å². The molecular weight excluding hydrogens is 533 g/mol. The van der Waals surface area contributed by atoms with Crippen molar-refractivity contribution in [2.45, 2.75) is 46.0 Å². The molecule has 41 heavy (non-hydrogen) atoms. The van der Waals surface area contributed by atoms with E-state index in [1.807, 2.05) is 66.7 Å². The van der Waals surface area contributed by atoms with Gasteiger partial charge in [-0.15, -0.1) is 0 Å². The summed E-state index contributed by atoms with van der Waals surface area (Å²) in [6.07, 6.45) is 5.87. The minimum absolute atomic E-state index is 0.344. The van der Waals surface area contributed by atoms with Crippen molar-refractivity contribution >= 4 is 46.1 Å². The minimum Gasteiger partial charge on any atom is -0.497 e. The molecule has 0 amide bonds. The average molecular weight is 572 g/mol. The van der Waals surface area contributed by atoms with E-state index >= 15 is 4.57 Å². The van der Waals surface area contributed by atoms with E-state index in [1.165, 1.54) is 0 Å². The number of hydrogen-bond donors (Lipinski definition) is 0. The first-order valence-corrected chi connectivity index (χ1v) is 15.8. The number of aromatic nitrogens is 1. The summed E-state index contributed by atoms with van der Waals surface area (Å²) in [6.45, 7) is 4.51. The molecule has 214 valence electrons. The zero-order valence-corrected chi connectivity index (χ0v) is 25.2. The Kier molecular flexibility index (Phi) is 10.4. The second-order valence-electron chi connectivity index (χ2n) is 9.86. The Bertz CT molecular complexity index is 1560. The molecule has 0 aliphatic rings. The van der Waals surface area contributed by atoms with E-state index in [2.05, 4.69) is 13.8 Å². The molecule has 0 N–H and O–H groups in total. The van der Waals surface area contributed by atoms with E-state index in [0.29, 0.717) is 51.7 Å². The Morgan fingerprint density at radius 2 is 1.56 bits per heavy atom. The topological polar surface area (TPSA) is 74.7 Å². The largest absolute Gasteiger partial charge is 0.497 e. The summed E-state index contributed by atoms with van der Waals surface area (Å²) in [5.74, 6) is 0.920. The number of fused-ring (bicyclic) bond motifs is 1. The zero-order chi connectivity index (χ0) is 29.2. The Hall–Kier alpha value is -3.89. The summed E-state index contributed by atoms with van der Waals surface area (Å²) >= 11 is 0. The van der Waals surface area contributed by atoms with Gasteiger partial charge in [-0.3, -0.25) is 0 Å². The third-order valence-corrected chi connectivity index (χ3v) is 10.0. The van der Waals surface area contributed by atoms with Crippen LogP contribution in [0.25, 0.3) is 17.0 Å². The van der Waals surface area contributed by atoms with Gasteiger partial charge < -0.3 is 18.8 Å². The van der Waals surface area contributed by atoms with Crippen molar-refractivity contribution in [3.8, 4) is 11.5 Å². The summed E-state index contributed by atoms with van der Waals surface area (Å²) < 4.78 is 32.1. The first kappa shape index (κ1) is 30.1. The maximum absolute atomic E-state index is 15.6. The Labute approximate surface area is 242 Å². The summed E-state index contributed by atoms with van der Waals surface area (Å²) in [4.78, 5) is 18.1. The molecule has 4 aromatic rings. The number of pyridine rings is 1. The zero-order valence-electron chi connectivity index (χ0n) is 24.3. The highest BCUT2D eigenvalue weighted by atomic mass is 31.2. The standard InChI is InChI=1S/C34H38NO5P/c1-5-7-11-26(34(36)40-22-8-6-2)23-27-24-29(39-4)17-20-32(27)41(37,30-18-15-28(38-3)16-19-30)33-21-14-25-12-9-10-13-31(25)35-33/h9-10,12-21,23-24H,5-8,11,22H2,1-4H3. The van der Waals surface area contributed by atoms with Crippen LogP contribution in [-0.2, 0) is 14.1 Å². The summed E-state index contributed by atoms with van der Waals surface area (Å²) in [5, 5.41) is 2.15. The lowest BCUT2D eigenvalue weighted by Crippen LogP contribution is -2.28. The lowest BCUT2D eigenvalue weighted by Gasteiger charge is -2.22. The SMILES string of the molecule is CCCCOC(=O)C(=Cc1cc(OC)ccc1P(=O)(c1ccc(OC)cc1)c1ccc2ccccc2n1)CCCC. The minimum atomic E-state index is -3.54. The van der Waals surface area contributed by atoms with Gasteiger partial charge in [0.05, 0.1) is 26.3 Å². The molecule has 1 atom stereocenters. The number of carbonyl (C=O) groups excluding carboxylic acids is 1. The highest BCUT2D eigenvalue weighted by molar-refractivity contribution is 7.85. The van der Waals surface area contributed by atoms with Gasteiger partial charge in [0.25, 0.3) is 0 Å². The van der Waals surface area contributed by atoms with Crippen LogP contribution < -0.4 is 25.5 Å². The molecule has 6 nitrogen and oxygen atoms in total. The number of esters is 1. The quantitative estimate of drug-likeness (QED) is 0.0760. The fourth-order valence-corrected chi connectivity index (χ4v) is 7.34. The highest BCUT2D eigenvalue weighted by Gasteiger charge is 2.34. The Balaban J connectivity index is 1.96. The van der Waals surface area contributed by atoms with Gasteiger partial charge in [-0.1, -0.05) is 51.0 Å². The third kappa shape index (κ3) is 6.89. The van der Waals surface area contributed by atoms with Crippen molar-refractivity contribution in [2.75, 3.05) is 20.8 Å². The molecule has 7 heteroatoms. The maximum Gasteiger partial charge on any atom is 0.334 e. The van der Waals surface area contributed by atoms with E-state index in [0.717, 1.165) is 36.6 Å². The molecule has 4 rings (SSSR count). The maximum atomic E-state index is 15.6. The van der Waals surface area contributed by atoms with Crippen molar-refractivity contribution in [2.24, 2.45) is 0 Å². The van der Waals surface area contributed by atoms with Crippen molar-refractivity contribution in [1.29, 1.82) is 0 Å². The molecule has 0 saturated heterocycles. The number of hydrogen-bond acceptors (Lipinski definition) is 6. The molecule has 0 radical (unpaired) electrons. The third-order valence-electron chi connectivity index (χ3n) is 7.04. The van der Waals surface area contributed by atoms with Crippen LogP contribution in [0.3, 0.4) is 0 Å². The first-order chi connectivity index (χ1) is 19.9. The van der Waals surface area contributed by atoms with E-state index in [-0.39, 0.29) is 5.97 Å². The van der Waals surface area contributed by atoms with Crippen molar-refractivity contribution in [3.63, 3.8) is 0 Å². The van der Waals surface area contributed by atoms with Gasteiger partial charge in [0.2, 0.25) is 0 Å². The predicted octanol–water partition coefficient (Wildman–Crippen LogP) is 6.81. The molecule has 0 saturated carbocycles. The molecule has 0 fully saturated rings. The molecule has 0 spiro atoms. The smallest absolute Gasteiger partial charge is 0.334 e. The van der Waals surface area contributed by atoms with Crippen LogP contribution >= 0.6 is 7.14 Å². The van der Waals surface area contributed by atoms with Crippen LogP contribution in [0, 0.1) is 0 Å². The second kappa shape index (κ2) is 14.1.